The zero-order valence-corrected chi connectivity index (χ0v) is 18.1. The molecule has 0 saturated heterocycles. The molecule has 0 bridgehead atoms. The van der Waals surface area contributed by atoms with Crippen LogP contribution in [-0.2, 0) is 6.61 Å². The third-order valence-corrected chi connectivity index (χ3v) is 6.27. The van der Waals surface area contributed by atoms with Crippen LogP contribution in [0.25, 0.3) is 10.9 Å². The zero-order valence-electron chi connectivity index (χ0n) is 16.5. The molecule has 1 aliphatic rings. The summed E-state index contributed by atoms with van der Waals surface area (Å²) in [5.41, 5.74) is 3.04. The van der Waals surface area contributed by atoms with Crippen molar-refractivity contribution >= 4 is 44.2 Å². The number of nitrogens with one attached hydrogen (secondary N) is 1. The summed E-state index contributed by atoms with van der Waals surface area (Å²) in [5.74, 6) is -3.88. The number of hydrogen-bond donors (Lipinski definition) is 3. The molecule has 1 aromatic heterocycles. The van der Waals surface area contributed by atoms with Gasteiger partial charge in [-0.15, -0.1) is 0 Å². The highest BCUT2D eigenvalue weighted by molar-refractivity contribution is 9.10. The molecular weight excluding hydrogens is 470 g/mol. The fourth-order valence-electron chi connectivity index (χ4n) is 4.09. The number of hydrogen-bond acceptors (Lipinski definition) is 4. The van der Waals surface area contributed by atoms with E-state index in [2.05, 4.69) is 26.2 Å². The number of benzene rings is 2. The van der Waals surface area contributed by atoms with Crippen molar-refractivity contribution < 1.29 is 23.8 Å². The average molecular weight is 491 g/mol. The van der Waals surface area contributed by atoms with Gasteiger partial charge in [-0.3, -0.25) is 4.98 Å². The van der Waals surface area contributed by atoms with E-state index in [0.29, 0.717) is 35.3 Å². The lowest BCUT2D eigenvalue weighted by molar-refractivity contribution is -0.0381. The minimum Gasteiger partial charge on any atom is -0.478 e. The summed E-state index contributed by atoms with van der Waals surface area (Å²) >= 11 is 3.47. The van der Waals surface area contributed by atoms with E-state index in [1.165, 1.54) is 6.07 Å². The fraction of sp³-hybridized carbons (Fsp3) is 0.304. The second-order valence-electron chi connectivity index (χ2n) is 7.85. The summed E-state index contributed by atoms with van der Waals surface area (Å²) < 4.78 is 28.3. The van der Waals surface area contributed by atoms with E-state index in [4.69, 9.17) is 0 Å². The van der Waals surface area contributed by atoms with E-state index in [9.17, 15) is 23.8 Å². The lowest BCUT2D eigenvalue weighted by Gasteiger charge is -2.30. The molecule has 3 aromatic rings. The number of nitrogens with zero attached hydrogens (tertiary/aromatic N) is 1. The van der Waals surface area contributed by atoms with Gasteiger partial charge in [0, 0.05) is 28.9 Å². The number of rotatable bonds is 5. The van der Waals surface area contributed by atoms with Crippen molar-refractivity contribution in [1.82, 2.24) is 4.98 Å². The lowest BCUT2D eigenvalue weighted by Crippen LogP contribution is -2.24. The van der Waals surface area contributed by atoms with Crippen LogP contribution in [0, 0.1) is 0 Å². The van der Waals surface area contributed by atoms with Crippen molar-refractivity contribution in [3.05, 3.63) is 63.8 Å². The normalized spacial score (nSPS) is 16.4. The van der Waals surface area contributed by atoms with Crippen molar-refractivity contribution in [3.8, 4) is 0 Å². The van der Waals surface area contributed by atoms with Gasteiger partial charge in [-0.05, 0) is 60.2 Å². The highest BCUT2D eigenvalue weighted by Crippen LogP contribution is 2.45. The zero-order chi connectivity index (χ0) is 22.2. The van der Waals surface area contributed by atoms with Crippen LogP contribution in [0.3, 0.4) is 0 Å². The van der Waals surface area contributed by atoms with Crippen LogP contribution in [0.4, 0.5) is 20.2 Å². The summed E-state index contributed by atoms with van der Waals surface area (Å²) in [5, 5.41) is 23.1. The van der Waals surface area contributed by atoms with Crippen LogP contribution in [-0.4, -0.2) is 27.1 Å². The molecule has 1 saturated carbocycles. The predicted octanol–water partition coefficient (Wildman–Crippen LogP) is 6.22. The number of halogens is 3. The minimum atomic E-state index is -2.64. The summed E-state index contributed by atoms with van der Waals surface area (Å²) in [6.07, 6.45) is 2.00. The Morgan fingerprint density at radius 2 is 1.94 bits per heavy atom. The second kappa shape index (κ2) is 8.51. The van der Waals surface area contributed by atoms with E-state index in [0.717, 1.165) is 15.4 Å². The Hall–Kier alpha value is -2.58. The maximum atomic E-state index is 13.7. The third-order valence-electron chi connectivity index (χ3n) is 5.77. The third kappa shape index (κ3) is 4.55. The van der Waals surface area contributed by atoms with Gasteiger partial charge in [0.25, 0.3) is 0 Å². The van der Waals surface area contributed by atoms with Crippen molar-refractivity contribution in [2.45, 2.75) is 44.1 Å². The van der Waals surface area contributed by atoms with Gasteiger partial charge in [0.05, 0.1) is 29.1 Å². The Balaban J connectivity index is 1.84. The molecule has 0 spiro atoms. The number of alkyl halides is 2. The van der Waals surface area contributed by atoms with Crippen LogP contribution in [0.2, 0.25) is 0 Å². The number of fused-ring (bicyclic) bond motifs is 1. The molecule has 1 aliphatic carbocycles. The fourth-order valence-corrected chi connectivity index (χ4v) is 4.45. The molecule has 0 unspecified atom stereocenters. The van der Waals surface area contributed by atoms with E-state index in [1.54, 1.807) is 18.3 Å². The molecule has 0 atom stereocenters. The maximum absolute atomic E-state index is 13.7. The number of pyridine rings is 1. The smallest absolute Gasteiger partial charge is 0.337 e. The molecule has 0 aliphatic heterocycles. The van der Waals surface area contributed by atoms with E-state index < -0.39 is 11.9 Å². The molecule has 31 heavy (non-hydrogen) atoms. The number of carboxylic acids is 1. The number of aliphatic hydroxyl groups excluding tert-OH is 1. The number of anilines is 2. The molecule has 5 nitrogen and oxygen atoms in total. The average Bonchev–Trinajstić information content (AvgIpc) is 2.74. The van der Waals surface area contributed by atoms with E-state index in [-0.39, 0.29) is 30.9 Å². The Kier molecular flexibility index (Phi) is 5.94. The largest absolute Gasteiger partial charge is 0.478 e. The Morgan fingerprint density at radius 3 is 2.61 bits per heavy atom. The quantitative estimate of drug-likeness (QED) is 0.395. The van der Waals surface area contributed by atoms with E-state index in [1.807, 2.05) is 18.2 Å². The van der Waals surface area contributed by atoms with Crippen LogP contribution in [0.15, 0.2) is 47.1 Å². The molecule has 4 rings (SSSR count). The number of aliphatic hydroxyl groups is 1. The van der Waals surface area contributed by atoms with Crippen molar-refractivity contribution in [2.24, 2.45) is 0 Å². The minimum absolute atomic E-state index is 0.0210. The first kappa shape index (κ1) is 21.6. The molecule has 1 fully saturated rings. The van der Waals surface area contributed by atoms with Crippen LogP contribution >= 0.6 is 15.9 Å². The highest BCUT2D eigenvalue weighted by atomic mass is 79.9. The Morgan fingerprint density at radius 1 is 1.19 bits per heavy atom. The molecular formula is C23H21BrF2N2O3. The van der Waals surface area contributed by atoms with Gasteiger partial charge in [0.2, 0.25) is 5.92 Å². The molecule has 8 heteroatoms. The topological polar surface area (TPSA) is 82.5 Å². The molecule has 3 N–H and O–H groups in total. The van der Waals surface area contributed by atoms with Crippen LogP contribution in [0.1, 0.15) is 53.1 Å². The second-order valence-corrected chi connectivity index (χ2v) is 8.76. The van der Waals surface area contributed by atoms with Gasteiger partial charge in [-0.1, -0.05) is 22.0 Å². The first-order chi connectivity index (χ1) is 14.8. The number of carbonyl (C=O) groups is 1. The molecule has 0 radical (unpaired) electrons. The maximum Gasteiger partial charge on any atom is 0.337 e. The van der Waals surface area contributed by atoms with Gasteiger partial charge in [-0.2, -0.15) is 0 Å². The van der Waals surface area contributed by atoms with Gasteiger partial charge in [0.1, 0.15) is 0 Å². The molecule has 0 amide bonds. The highest BCUT2D eigenvalue weighted by Gasteiger charge is 2.36. The standard InChI is InChI=1S/C23H21BrF2N2O3/c24-15-2-4-19-16(10-15)21(18(11-27-19)14-5-7-23(25,26)8-6-14)28-20-3-1-13(12-29)9-17(20)22(30)31/h1-4,9-11,14,29H,5-8,12H2,(H,27,28)(H,30,31). The van der Waals surface area contributed by atoms with Gasteiger partial charge in [0.15, 0.2) is 0 Å². The van der Waals surface area contributed by atoms with Crippen molar-refractivity contribution in [2.75, 3.05) is 5.32 Å². The van der Waals surface area contributed by atoms with Gasteiger partial charge in [-0.25, -0.2) is 13.6 Å². The Labute approximate surface area is 186 Å². The first-order valence-corrected chi connectivity index (χ1v) is 10.8. The molecule has 2 aromatic carbocycles. The van der Waals surface area contributed by atoms with Crippen LogP contribution < -0.4 is 5.32 Å². The molecule has 1 heterocycles. The van der Waals surface area contributed by atoms with E-state index >= 15 is 0 Å². The summed E-state index contributed by atoms with van der Waals surface area (Å²) in [6, 6.07) is 10.3. The number of aromatic nitrogens is 1. The Bertz CT molecular complexity index is 1140. The first-order valence-electron chi connectivity index (χ1n) is 9.97. The monoisotopic (exact) mass is 490 g/mol. The van der Waals surface area contributed by atoms with Crippen LogP contribution in [0.5, 0.6) is 0 Å². The van der Waals surface area contributed by atoms with Gasteiger partial charge < -0.3 is 15.5 Å². The predicted molar refractivity (Wildman–Crippen MR) is 118 cm³/mol. The van der Waals surface area contributed by atoms with Crippen molar-refractivity contribution in [3.63, 3.8) is 0 Å². The summed E-state index contributed by atoms with van der Waals surface area (Å²) in [7, 11) is 0. The number of carboxylic acid groups (broad SMARTS) is 1. The lowest BCUT2D eigenvalue weighted by atomic mass is 9.81. The molecule has 162 valence electrons. The SMILES string of the molecule is O=C(O)c1cc(CO)ccc1Nc1c(C2CCC(F)(F)CC2)cnc2ccc(Br)cc12. The summed E-state index contributed by atoms with van der Waals surface area (Å²) in [4.78, 5) is 16.4. The van der Waals surface area contributed by atoms with Crippen molar-refractivity contribution in [1.29, 1.82) is 0 Å². The van der Waals surface area contributed by atoms with Gasteiger partial charge >= 0.3 is 5.97 Å². The summed E-state index contributed by atoms with van der Waals surface area (Å²) in [6.45, 7) is -0.271. The number of aromatic carboxylic acids is 1.